The van der Waals surface area contributed by atoms with E-state index in [4.69, 9.17) is 11.6 Å². The maximum absolute atomic E-state index is 6.12. The first-order valence-electron chi connectivity index (χ1n) is 7.79. The van der Waals surface area contributed by atoms with E-state index in [9.17, 15) is 0 Å². The van der Waals surface area contributed by atoms with Crippen LogP contribution in [0.25, 0.3) is 0 Å². The summed E-state index contributed by atoms with van der Waals surface area (Å²) in [7, 11) is 0. The lowest BCUT2D eigenvalue weighted by Crippen LogP contribution is -2.22. The quantitative estimate of drug-likeness (QED) is 0.423. The average molecular weight is 294 g/mol. The molecule has 0 aliphatic carbocycles. The van der Waals surface area contributed by atoms with Crippen LogP contribution in [0.1, 0.15) is 62.6 Å². The predicted molar refractivity (Wildman–Crippen MR) is 90.5 cm³/mol. The molecule has 0 aliphatic heterocycles. The molecule has 0 heterocycles. The van der Waals surface area contributed by atoms with Gasteiger partial charge in [-0.2, -0.15) is 0 Å². The zero-order chi connectivity index (χ0) is 14.8. The Kier molecular flexibility index (Phi) is 8.64. The molecule has 1 rings (SSSR count). The largest absolute Gasteiger partial charge is 0.310 e. The van der Waals surface area contributed by atoms with Gasteiger partial charge >= 0.3 is 0 Å². The fourth-order valence-electron chi connectivity index (χ4n) is 2.40. The Balaban J connectivity index is 2.57. The first-order chi connectivity index (χ1) is 9.69. The maximum atomic E-state index is 6.12. The van der Waals surface area contributed by atoms with Crippen LogP contribution in [0.5, 0.6) is 0 Å². The Bertz CT molecular complexity index is 400. The highest BCUT2D eigenvalue weighted by atomic mass is 35.5. The van der Waals surface area contributed by atoms with Gasteiger partial charge in [-0.25, -0.2) is 0 Å². The van der Waals surface area contributed by atoms with Gasteiger partial charge in [-0.15, -0.1) is 6.58 Å². The molecule has 1 atom stereocenters. The number of benzene rings is 1. The Hall–Kier alpha value is -0.790. The molecule has 0 radical (unpaired) electrons. The molecule has 1 unspecified atom stereocenters. The van der Waals surface area contributed by atoms with E-state index in [-0.39, 0.29) is 0 Å². The molecule has 0 amide bonds. The molecule has 0 saturated heterocycles. The molecular weight excluding hydrogens is 266 g/mol. The van der Waals surface area contributed by atoms with Gasteiger partial charge in [0.1, 0.15) is 0 Å². The minimum Gasteiger partial charge on any atom is -0.310 e. The third kappa shape index (κ3) is 6.11. The van der Waals surface area contributed by atoms with Crippen molar-refractivity contribution in [2.45, 2.75) is 58.4 Å². The molecule has 0 saturated carbocycles. The average Bonchev–Trinajstić information content (AvgIpc) is 2.45. The Morgan fingerprint density at radius 1 is 1.30 bits per heavy atom. The van der Waals surface area contributed by atoms with Crippen molar-refractivity contribution >= 4 is 11.6 Å². The van der Waals surface area contributed by atoms with Crippen molar-refractivity contribution in [3.05, 3.63) is 47.0 Å². The van der Waals surface area contributed by atoms with Crippen LogP contribution in [-0.4, -0.2) is 6.54 Å². The molecule has 20 heavy (non-hydrogen) atoms. The molecule has 0 aromatic heterocycles. The molecule has 0 bridgehead atoms. The second-order valence-electron chi connectivity index (χ2n) is 5.44. The summed E-state index contributed by atoms with van der Waals surface area (Å²) in [5.74, 6) is 0. The van der Waals surface area contributed by atoms with Crippen LogP contribution >= 0.6 is 11.6 Å². The highest BCUT2D eigenvalue weighted by Crippen LogP contribution is 2.24. The molecule has 0 aliphatic rings. The summed E-state index contributed by atoms with van der Waals surface area (Å²) in [5.41, 5.74) is 2.53. The van der Waals surface area contributed by atoms with Gasteiger partial charge < -0.3 is 5.32 Å². The molecule has 0 spiro atoms. The van der Waals surface area contributed by atoms with E-state index in [1.165, 1.54) is 43.2 Å². The number of aryl methyl sites for hydroxylation is 1. The van der Waals surface area contributed by atoms with Gasteiger partial charge in [0.2, 0.25) is 0 Å². The maximum Gasteiger partial charge on any atom is 0.0435 e. The van der Waals surface area contributed by atoms with Crippen LogP contribution in [-0.2, 0) is 0 Å². The standard InChI is InChI=1S/C18H28ClN/c1-4-6-7-8-9-10-18(20-13-5-2)16-11-12-17(19)15(3)14-16/h4,11-12,14,18,20H,1,5-10,13H2,2-3H3. The van der Waals surface area contributed by atoms with Crippen LogP contribution in [0, 0.1) is 6.92 Å². The van der Waals surface area contributed by atoms with Crippen LogP contribution in [0.15, 0.2) is 30.9 Å². The lowest BCUT2D eigenvalue weighted by Gasteiger charge is -2.20. The van der Waals surface area contributed by atoms with Crippen molar-refractivity contribution < 1.29 is 0 Å². The van der Waals surface area contributed by atoms with E-state index in [0.29, 0.717) is 6.04 Å². The summed E-state index contributed by atoms with van der Waals surface area (Å²) in [6.07, 6.45) is 9.30. The molecule has 1 aromatic rings. The first-order valence-corrected chi connectivity index (χ1v) is 8.17. The fourth-order valence-corrected chi connectivity index (χ4v) is 2.52. The van der Waals surface area contributed by atoms with Gasteiger partial charge in [0, 0.05) is 11.1 Å². The zero-order valence-corrected chi connectivity index (χ0v) is 13.7. The second kappa shape index (κ2) is 10.0. The number of halogens is 1. The highest BCUT2D eigenvalue weighted by Gasteiger charge is 2.11. The minimum atomic E-state index is 0.453. The monoisotopic (exact) mass is 293 g/mol. The van der Waals surface area contributed by atoms with Gasteiger partial charge in [0.05, 0.1) is 0 Å². The molecule has 2 heteroatoms. The van der Waals surface area contributed by atoms with Crippen LogP contribution in [0.3, 0.4) is 0 Å². The smallest absolute Gasteiger partial charge is 0.0435 e. The lowest BCUT2D eigenvalue weighted by molar-refractivity contribution is 0.472. The zero-order valence-electron chi connectivity index (χ0n) is 12.9. The number of hydrogen-bond acceptors (Lipinski definition) is 1. The number of allylic oxidation sites excluding steroid dienone is 1. The second-order valence-corrected chi connectivity index (χ2v) is 5.85. The molecule has 1 N–H and O–H groups in total. The summed E-state index contributed by atoms with van der Waals surface area (Å²) in [5, 5.41) is 4.52. The van der Waals surface area contributed by atoms with Gasteiger partial charge in [-0.1, -0.05) is 49.6 Å². The summed E-state index contributed by atoms with van der Waals surface area (Å²) in [6, 6.07) is 6.85. The predicted octanol–water partition coefficient (Wildman–Crippen LogP) is 5.83. The summed E-state index contributed by atoms with van der Waals surface area (Å²) in [4.78, 5) is 0. The molecule has 1 nitrogen and oxygen atoms in total. The van der Waals surface area contributed by atoms with Crippen molar-refractivity contribution in [3.63, 3.8) is 0 Å². The molecule has 0 fully saturated rings. The third-order valence-corrected chi connectivity index (χ3v) is 4.05. The van der Waals surface area contributed by atoms with Crippen molar-refractivity contribution in [1.29, 1.82) is 0 Å². The van der Waals surface area contributed by atoms with Crippen molar-refractivity contribution in [2.75, 3.05) is 6.54 Å². The highest BCUT2D eigenvalue weighted by molar-refractivity contribution is 6.31. The Labute approximate surface area is 129 Å². The molecule has 112 valence electrons. The Morgan fingerprint density at radius 2 is 2.10 bits per heavy atom. The van der Waals surface area contributed by atoms with E-state index >= 15 is 0 Å². The van der Waals surface area contributed by atoms with E-state index in [1.807, 2.05) is 12.1 Å². The first kappa shape index (κ1) is 17.3. The van der Waals surface area contributed by atoms with Crippen LogP contribution in [0.4, 0.5) is 0 Å². The Morgan fingerprint density at radius 3 is 2.75 bits per heavy atom. The van der Waals surface area contributed by atoms with E-state index < -0.39 is 0 Å². The lowest BCUT2D eigenvalue weighted by atomic mass is 9.98. The van der Waals surface area contributed by atoms with Gasteiger partial charge in [0.25, 0.3) is 0 Å². The molecule has 1 aromatic carbocycles. The van der Waals surface area contributed by atoms with E-state index in [0.717, 1.165) is 18.0 Å². The molecular formula is C18H28ClN. The summed E-state index contributed by atoms with van der Waals surface area (Å²) >= 11 is 6.12. The van der Waals surface area contributed by atoms with Gasteiger partial charge in [-0.3, -0.25) is 0 Å². The summed E-state index contributed by atoms with van der Waals surface area (Å²) < 4.78 is 0. The van der Waals surface area contributed by atoms with Crippen LogP contribution < -0.4 is 5.32 Å². The van der Waals surface area contributed by atoms with E-state index in [1.54, 1.807) is 0 Å². The van der Waals surface area contributed by atoms with Crippen molar-refractivity contribution in [3.8, 4) is 0 Å². The van der Waals surface area contributed by atoms with Gasteiger partial charge in [0.15, 0.2) is 0 Å². The third-order valence-electron chi connectivity index (χ3n) is 3.63. The van der Waals surface area contributed by atoms with Crippen molar-refractivity contribution in [2.24, 2.45) is 0 Å². The van der Waals surface area contributed by atoms with E-state index in [2.05, 4.69) is 37.9 Å². The summed E-state index contributed by atoms with van der Waals surface area (Å²) in [6.45, 7) is 9.13. The van der Waals surface area contributed by atoms with Crippen LogP contribution in [0.2, 0.25) is 5.02 Å². The number of unbranched alkanes of at least 4 members (excludes halogenated alkanes) is 3. The topological polar surface area (TPSA) is 12.0 Å². The number of nitrogens with one attached hydrogen (secondary N) is 1. The van der Waals surface area contributed by atoms with Crippen molar-refractivity contribution in [1.82, 2.24) is 5.32 Å². The SMILES string of the molecule is C=CCCCCCC(NCCC)c1ccc(Cl)c(C)c1. The minimum absolute atomic E-state index is 0.453. The number of hydrogen-bond donors (Lipinski definition) is 1. The van der Waals surface area contributed by atoms with Gasteiger partial charge in [-0.05, 0) is 56.3 Å². The normalized spacial score (nSPS) is 12.3. The fraction of sp³-hybridized carbons (Fsp3) is 0.556. The number of rotatable bonds is 10.